The highest BCUT2D eigenvalue weighted by atomic mass is 16.5. The van der Waals surface area contributed by atoms with Crippen LogP contribution in [0.25, 0.3) is 0 Å². The van der Waals surface area contributed by atoms with Crippen LogP contribution in [0.15, 0.2) is 30.5 Å². The monoisotopic (exact) mass is 287 g/mol. The normalized spacial score (nSPS) is 10.0. The molecule has 0 aromatic carbocycles. The minimum absolute atomic E-state index is 0.256. The lowest BCUT2D eigenvalue weighted by atomic mass is 10.2. The van der Waals surface area contributed by atoms with E-state index in [4.69, 9.17) is 9.47 Å². The summed E-state index contributed by atoms with van der Waals surface area (Å²) in [6.45, 7) is 2.17. The van der Waals surface area contributed by atoms with Crippen LogP contribution in [0.2, 0.25) is 0 Å². The van der Waals surface area contributed by atoms with Crippen LogP contribution in [0, 0.1) is 6.92 Å². The van der Waals surface area contributed by atoms with Gasteiger partial charge in [0.25, 0.3) is 5.91 Å². The second-order valence-electron chi connectivity index (χ2n) is 4.42. The molecule has 1 N–H and O–H groups in total. The summed E-state index contributed by atoms with van der Waals surface area (Å²) in [7, 11) is 3.06. The Morgan fingerprint density at radius 3 is 2.81 bits per heavy atom. The first-order chi connectivity index (χ1) is 10.1. The molecule has 2 aromatic heterocycles. The van der Waals surface area contributed by atoms with E-state index in [9.17, 15) is 4.79 Å². The summed E-state index contributed by atoms with van der Waals surface area (Å²) < 4.78 is 10.2. The molecule has 0 radical (unpaired) electrons. The molecule has 110 valence electrons. The van der Waals surface area contributed by atoms with E-state index in [2.05, 4.69) is 15.3 Å². The molecule has 0 aliphatic carbocycles. The first-order valence-electron chi connectivity index (χ1n) is 6.43. The number of nitrogens with one attached hydrogen (secondary N) is 1. The van der Waals surface area contributed by atoms with Crippen LogP contribution in [0.4, 0.5) is 0 Å². The van der Waals surface area contributed by atoms with Crippen molar-refractivity contribution in [3.63, 3.8) is 0 Å². The van der Waals surface area contributed by atoms with Gasteiger partial charge >= 0.3 is 0 Å². The maximum atomic E-state index is 12.2. The van der Waals surface area contributed by atoms with E-state index in [1.807, 2.05) is 19.1 Å². The third-order valence-corrected chi connectivity index (χ3v) is 2.84. The largest absolute Gasteiger partial charge is 0.494 e. The Hall–Kier alpha value is -2.63. The van der Waals surface area contributed by atoms with Crippen molar-refractivity contribution in [2.45, 2.75) is 13.5 Å². The second-order valence-corrected chi connectivity index (χ2v) is 4.42. The molecule has 0 fully saturated rings. The van der Waals surface area contributed by atoms with Crippen molar-refractivity contribution in [1.82, 2.24) is 15.3 Å². The van der Waals surface area contributed by atoms with E-state index in [-0.39, 0.29) is 18.1 Å². The Morgan fingerprint density at radius 2 is 2.10 bits per heavy atom. The maximum absolute atomic E-state index is 12.2. The molecule has 2 heterocycles. The molecule has 0 saturated carbocycles. The number of carbonyl (C=O) groups excluding carboxylic acids is 1. The van der Waals surface area contributed by atoms with Gasteiger partial charge in [-0.15, -0.1) is 0 Å². The quantitative estimate of drug-likeness (QED) is 0.906. The summed E-state index contributed by atoms with van der Waals surface area (Å²) in [4.78, 5) is 20.5. The van der Waals surface area contributed by atoms with E-state index in [1.54, 1.807) is 25.4 Å². The number of aromatic nitrogens is 2. The van der Waals surface area contributed by atoms with Gasteiger partial charge in [-0.2, -0.15) is 0 Å². The van der Waals surface area contributed by atoms with Crippen molar-refractivity contribution in [3.8, 4) is 11.6 Å². The molecule has 6 nitrogen and oxygen atoms in total. The zero-order valence-electron chi connectivity index (χ0n) is 12.2. The Labute approximate surface area is 123 Å². The van der Waals surface area contributed by atoms with Crippen molar-refractivity contribution < 1.29 is 14.3 Å². The minimum Gasteiger partial charge on any atom is -0.494 e. The van der Waals surface area contributed by atoms with Crippen molar-refractivity contribution in [2.24, 2.45) is 0 Å². The molecular formula is C15H17N3O3. The first-order valence-corrected chi connectivity index (χ1v) is 6.43. The second kappa shape index (κ2) is 6.69. The fourth-order valence-electron chi connectivity index (χ4n) is 1.79. The summed E-state index contributed by atoms with van der Waals surface area (Å²) >= 11 is 0. The van der Waals surface area contributed by atoms with Gasteiger partial charge in [0.05, 0.1) is 26.5 Å². The predicted octanol–water partition coefficient (Wildman–Crippen LogP) is 1.73. The van der Waals surface area contributed by atoms with Gasteiger partial charge in [0, 0.05) is 12.3 Å². The molecule has 0 saturated heterocycles. The zero-order valence-corrected chi connectivity index (χ0v) is 12.2. The zero-order chi connectivity index (χ0) is 15.2. The average molecular weight is 287 g/mol. The lowest BCUT2D eigenvalue weighted by molar-refractivity contribution is 0.0942. The maximum Gasteiger partial charge on any atom is 0.274 e. The van der Waals surface area contributed by atoms with Gasteiger partial charge in [-0.3, -0.25) is 4.79 Å². The Balaban J connectivity index is 2.08. The Kier molecular flexibility index (Phi) is 4.71. The van der Waals surface area contributed by atoms with Crippen LogP contribution in [0.3, 0.4) is 0 Å². The van der Waals surface area contributed by atoms with Crippen molar-refractivity contribution in [2.75, 3.05) is 14.2 Å². The molecule has 0 bridgehead atoms. The highest BCUT2D eigenvalue weighted by Gasteiger charge is 2.14. The topological polar surface area (TPSA) is 73.3 Å². The van der Waals surface area contributed by atoms with Crippen molar-refractivity contribution in [3.05, 3.63) is 47.4 Å². The van der Waals surface area contributed by atoms with Gasteiger partial charge in [-0.05, 0) is 24.6 Å². The Bertz CT molecular complexity index is 644. The van der Waals surface area contributed by atoms with Crippen LogP contribution in [0.5, 0.6) is 11.6 Å². The molecule has 1 amide bonds. The number of methoxy groups -OCH3 is 2. The van der Waals surface area contributed by atoms with E-state index in [0.29, 0.717) is 17.3 Å². The van der Waals surface area contributed by atoms with Crippen LogP contribution >= 0.6 is 0 Å². The third-order valence-electron chi connectivity index (χ3n) is 2.84. The van der Waals surface area contributed by atoms with Gasteiger partial charge in [0.2, 0.25) is 5.88 Å². The van der Waals surface area contributed by atoms with Crippen molar-refractivity contribution in [1.29, 1.82) is 0 Å². The standard InChI is InChI=1S/C15H17N3O3/c1-10-7-12(20-2)14(16-8-10)15(19)17-9-11-5-4-6-13(18-11)21-3/h4-8H,9H2,1-3H3,(H,17,19). The number of pyridine rings is 2. The summed E-state index contributed by atoms with van der Waals surface area (Å²) in [5.74, 6) is 0.648. The van der Waals surface area contributed by atoms with Gasteiger partial charge in [0.15, 0.2) is 5.69 Å². The summed E-state index contributed by atoms with van der Waals surface area (Å²) in [5, 5.41) is 2.76. The van der Waals surface area contributed by atoms with Gasteiger partial charge < -0.3 is 14.8 Å². The number of amides is 1. The molecule has 0 aliphatic rings. The summed E-state index contributed by atoms with van der Waals surface area (Å²) in [6.07, 6.45) is 1.63. The molecule has 0 unspecified atom stereocenters. The fraction of sp³-hybridized carbons (Fsp3) is 0.267. The number of aryl methyl sites for hydroxylation is 1. The lowest BCUT2D eigenvalue weighted by Gasteiger charge is -2.09. The average Bonchev–Trinajstić information content (AvgIpc) is 2.52. The molecule has 2 rings (SSSR count). The molecule has 21 heavy (non-hydrogen) atoms. The minimum atomic E-state index is -0.309. The summed E-state index contributed by atoms with van der Waals surface area (Å²) in [6, 6.07) is 7.14. The molecule has 2 aromatic rings. The molecule has 0 spiro atoms. The number of nitrogens with zero attached hydrogens (tertiary/aromatic N) is 2. The lowest BCUT2D eigenvalue weighted by Crippen LogP contribution is -2.25. The predicted molar refractivity (Wildman–Crippen MR) is 77.5 cm³/mol. The van der Waals surface area contributed by atoms with Crippen LogP contribution in [0.1, 0.15) is 21.7 Å². The Morgan fingerprint density at radius 1 is 1.29 bits per heavy atom. The fourth-order valence-corrected chi connectivity index (χ4v) is 1.79. The van der Waals surface area contributed by atoms with Crippen LogP contribution < -0.4 is 14.8 Å². The first kappa shape index (κ1) is 14.8. The van der Waals surface area contributed by atoms with E-state index in [0.717, 1.165) is 5.56 Å². The van der Waals surface area contributed by atoms with Crippen LogP contribution in [-0.4, -0.2) is 30.1 Å². The number of rotatable bonds is 5. The molecule has 6 heteroatoms. The van der Waals surface area contributed by atoms with Gasteiger partial charge in [-0.1, -0.05) is 6.07 Å². The molecule has 0 aliphatic heterocycles. The van der Waals surface area contributed by atoms with E-state index in [1.165, 1.54) is 7.11 Å². The SMILES string of the molecule is COc1cccc(CNC(=O)c2ncc(C)cc2OC)n1. The number of hydrogen-bond donors (Lipinski definition) is 1. The third kappa shape index (κ3) is 3.68. The van der Waals surface area contributed by atoms with Gasteiger partial charge in [0.1, 0.15) is 5.75 Å². The summed E-state index contributed by atoms with van der Waals surface area (Å²) in [5.41, 5.74) is 1.89. The van der Waals surface area contributed by atoms with E-state index < -0.39 is 0 Å². The highest BCUT2D eigenvalue weighted by Crippen LogP contribution is 2.17. The number of hydrogen-bond acceptors (Lipinski definition) is 5. The molecule has 0 atom stereocenters. The van der Waals surface area contributed by atoms with Crippen molar-refractivity contribution >= 4 is 5.91 Å². The molecular weight excluding hydrogens is 270 g/mol. The van der Waals surface area contributed by atoms with Gasteiger partial charge in [-0.25, -0.2) is 9.97 Å². The smallest absolute Gasteiger partial charge is 0.274 e. The number of carbonyl (C=O) groups is 1. The number of ether oxygens (including phenoxy) is 2. The van der Waals surface area contributed by atoms with Crippen LogP contribution in [-0.2, 0) is 6.54 Å². The van der Waals surface area contributed by atoms with E-state index >= 15 is 0 Å². The highest BCUT2D eigenvalue weighted by molar-refractivity contribution is 5.94.